The van der Waals surface area contributed by atoms with Crippen molar-refractivity contribution >= 4 is 12.8 Å². The quantitative estimate of drug-likeness (QED) is 0.528. The molecule has 0 spiro atoms. The van der Waals surface area contributed by atoms with Gasteiger partial charge in [0.1, 0.15) is 6.79 Å². The van der Waals surface area contributed by atoms with Crippen LogP contribution in [0.3, 0.4) is 0 Å². The Morgan fingerprint density at radius 3 is 2.21 bits per heavy atom. The Labute approximate surface area is 80.1 Å². The molecule has 1 heterocycles. The zero-order valence-corrected chi connectivity index (χ0v) is 7.27. The summed E-state index contributed by atoms with van der Waals surface area (Å²) in [5, 5.41) is 8.85. The highest BCUT2D eigenvalue weighted by atomic mass is 16.6. The molecule has 1 aliphatic rings. The first-order chi connectivity index (χ1) is 6.61. The van der Waals surface area contributed by atoms with Gasteiger partial charge in [0.25, 0.3) is 0 Å². The summed E-state index contributed by atoms with van der Waals surface area (Å²) in [5.41, 5.74) is 8.50. The fraction of sp³-hybridized carbons (Fsp3) is 0. The molecule has 2 rings (SSSR count). The Kier molecular flexibility index (Phi) is 4.55. The molecule has 0 unspecified atom stereocenters. The number of hydrogen-bond donors (Lipinski definition) is 3. The van der Waals surface area contributed by atoms with Crippen molar-refractivity contribution in [3.05, 3.63) is 18.2 Å². The predicted molar refractivity (Wildman–Crippen MR) is 49.1 cm³/mol. The molecule has 76 valence electrons. The van der Waals surface area contributed by atoms with Gasteiger partial charge in [-0.3, -0.25) is 0 Å². The van der Waals surface area contributed by atoms with Gasteiger partial charge in [-0.2, -0.15) is 0 Å². The first-order valence-electron chi connectivity index (χ1n) is 3.45. The minimum atomic E-state index is -0.833. The van der Waals surface area contributed by atoms with Crippen molar-refractivity contribution in [3.8, 4) is 17.2 Å². The lowest BCUT2D eigenvalue weighted by atomic mass is 10.3. The van der Waals surface area contributed by atoms with Crippen LogP contribution in [0.1, 0.15) is 0 Å². The molecule has 0 radical (unpaired) electrons. The zero-order chi connectivity index (χ0) is 11.1. The van der Waals surface area contributed by atoms with Crippen LogP contribution in [0.15, 0.2) is 18.2 Å². The number of primary amides is 2. The number of amides is 2. The molecular formula is C8H10N2O4. The van der Waals surface area contributed by atoms with Crippen LogP contribution in [0, 0.1) is 0 Å². The van der Waals surface area contributed by atoms with Crippen LogP contribution in [0.25, 0.3) is 0 Å². The third kappa shape index (κ3) is 3.96. The second-order valence-corrected chi connectivity index (χ2v) is 2.11. The number of ether oxygens (including phenoxy) is 1. The number of benzene rings is 1. The van der Waals surface area contributed by atoms with Crippen LogP contribution in [0.4, 0.5) is 4.79 Å². The number of phenolic OH excluding ortho intramolecular Hbond substituents is 1. The van der Waals surface area contributed by atoms with Crippen LogP contribution in [-0.4, -0.2) is 17.9 Å². The van der Waals surface area contributed by atoms with Crippen LogP contribution < -0.4 is 16.2 Å². The smallest absolute Gasteiger partial charge is 0.309 e. The summed E-state index contributed by atoms with van der Waals surface area (Å²) in [6, 6.07) is 4.34. The summed E-state index contributed by atoms with van der Waals surface area (Å²) in [7, 11) is 0. The second-order valence-electron chi connectivity index (χ2n) is 2.11. The molecule has 0 aliphatic carbocycles. The molecular weight excluding hydrogens is 188 g/mol. The van der Waals surface area contributed by atoms with Gasteiger partial charge < -0.3 is 26.1 Å². The maximum Gasteiger partial charge on any atom is 0.309 e. The molecule has 2 amide bonds. The van der Waals surface area contributed by atoms with Crippen LogP contribution in [-0.2, 0) is 4.79 Å². The van der Waals surface area contributed by atoms with Crippen molar-refractivity contribution in [2.45, 2.75) is 0 Å². The number of phenols is 1. The van der Waals surface area contributed by atoms with Gasteiger partial charge in [-0.1, -0.05) is 6.07 Å². The monoisotopic (exact) mass is 198 g/mol. The van der Waals surface area contributed by atoms with Gasteiger partial charge >= 0.3 is 6.03 Å². The summed E-state index contributed by atoms with van der Waals surface area (Å²) in [6.45, 7) is 2.00. The van der Waals surface area contributed by atoms with Crippen molar-refractivity contribution in [1.29, 1.82) is 0 Å². The molecule has 0 fully saturated rings. The summed E-state index contributed by atoms with van der Waals surface area (Å²) in [5.74, 6) is 1.67. The van der Waals surface area contributed by atoms with Gasteiger partial charge in [-0.25, -0.2) is 4.79 Å². The second kappa shape index (κ2) is 5.41. The van der Waals surface area contributed by atoms with Crippen molar-refractivity contribution in [2.75, 3.05) is 0 Å². The SMILES string of the molecule is C=O.NC(N)=O.Oc1cccc2c1O2. The topological polar surface area (TPSA) is 119 Å². The van der Waals surface area contributed by atoms with Gasteiger partial charge in [0.15, 0.2) is 11.5 Å². The molecule has 0 bridgehead atoms. The van der Waals surface area contributed by atoms with E-state index in [4.69, 9.17) is 19.4 Å². The van der Waals surface area contributed by atoms with Gasteiger partial charge in [-0.15, -0.1) is 0 Å². The summed E-state index contributed by atoms with van der Waals surface area (Å²) >= 11 is 0. The van der Waals surface area contributed by atoms with Crippen molar-refractivity contribution in [1.82, 2.24) is 0 Å². The third-order valence-electron chi connectivity index (χ3n) is 1.13. The van der Waals surface area contributed by atoms with Crippen molar-refractivity contribution in [2.24, 2.45) is 11.5 Å². The minimum absolute atomic E-state index is 0.238. The van der Waals surface area contributed by atoms with Gasteiger partial charge in [0.2, 0.25) is 5.75 Å². The minimum Gasteiger partial charge on any atom is -0.504 e. The molecule has 14 heavy (non-hydrogen) atoms. The van der Waals surface area contributed by atoms with Gasteiger partial charge in [-0.05, 0) is 12.1 Å². The number of aromatic hydroxyl groups is 1. The van der Waals surface area contributed by atoms with Crippen LogP contribution in [0.2, 0.25) is 0 Å². The molecule has 1 aromatic rings. The third-order valence-corrected chi connectivity index (χ3v) is 1.13. The fourth-order valence-electron chi connectivity index (χ4n) is 0.675. The molecule has 1 aliphatic heterocycles. The highest BCUT2D eigenvalue weighted by molar-refractivity contribution is 5.69. The van der Waals surface area contributed by atoms with E-state index in [2.05, 4.69) is 11.5 Å². The molecule has 1 aromatic carbocycles. The number of carbonyl (C=O) groups is 2. The van der Waals surface area contributed by atoms with E-state index in [1.165, 1.54) is 0 Å². The van der Waals surface area contributed by atoms with Crippen LogP contribution >= 0.6 is 0 Å². The lowest BCUT2D eigenvalue weighted by Gasteiger charge is -1.77. The molecule has 0 aromatic heterocycles. The Balaban J connectivity index is 0.000000245. The average Bonchev–Trinajstić information content (AvgIpc) is 2.87. The number of carbonyl (C=O) groups excluding carboxylic acids is 2. The highest BCUT2D eigenvalue weighted by Gasteiger charge is 2.22. The van der Waals surface area contributed by atoms with E-state index in [0.717, 1.165) is 5.75 Å². The predicted octanol–water partition coefficient (Wildman–Crippen LogP) is 0.337. The highest BCUT2D eigenvalue weighted by Crippen LogP contribution is 2.51. The van der Waals surface area contributed by atoms with Gasteiger partial charge in [0, 0.05) is 0 Å². The molecule has 6 heteroatoms. The number of hydrogen-bond acceptors (Lipinski definition) is 4. The Morgan fingerprint density at radius 2 is 1.86 bits per heavy atom. The summed E-state index contributed by atoms with van der Waals surface area (Å²) in [6.07, 6.45) is 0. The van der Waals surface area contributed by atoms with E-state index in [9.17, 15) is 0 Å². The van der Waals surface area contributed by atoms with Crippen molar-refractivity contribution < 1.29 is 19.4 Å². The van der Waals surface area contributed by atoms with E-state index >= 15 is 0 Å². The van der Waals surface area contributed by atoms with E-state index in [1.54, 1.807) is 12.1 Å². The summed E-state index contributed by atoms with van der Waals surface area (Å²) < 4.78 is 4.82. The van der Waals surface area contributed by atoms with E-state index < -0.39 is 6.03 Å². The normalized spacial score (nSPS) is 8.86. The van der Waals surface area contributed by atoms with E-state index in [-0.39, 0.29) is 5.75 Å². The number of para-hydroxylation sites is 1. The number of nitrogens with two attached hydrogens (primary N) is 2. The molecule has 6 nitrogen and oxygen atoms in total. The molecule has 0 atom stereocenters. The van der Waals surface area contributed by atoms with Crippen LogP contribution in [0.5, 0.6) is 17.2 Å². The number of urea groups is 1. The molecule has 0 saturated heterocycles. The zero-order valence-electron chi connectivity index (χ0n) is 7.27. The number of rotatable bonds is 0. The first kappa shape index (κ1) is 11.8. The van der Waals surface area contributed by atoms with E-state index in [1.807, 2.05) is 12.9 Å². The Hall–Kier alpha value is -2.24. The molecule has 5 N–H and O–H groups in total. The van der Waals surface area contributed by atoms with Gasteiger partial charge in [0.05, 0.1) is 0 Å². The fourth-order valence-corrected chi connectivity index (χ4v) is 0.675. The summed E-state index contributed by atoms with van der Waals surface area (Å²) in [4.78, 5) is 17.0. The Morgan fingerprint density at radius 1 is 1.36 bits per heavy atom. The average molecular weight is 198 g/mol. The lowest BCUT2D eigenvalue weighted by molar-refractivity contribution is -0.0979. The lowest BCUT2D eigenvalue weighted by Crippen LogP contribution is -2.18. The largest absolute Gasteiger partial charge is 0.504 e. The maximum atomic E-state index is 9.00. The maximum absolute atomic E-state index is 9.00. The number of fused-ring (bicyclic) bond motifs is 1. The standard InChI is InChI=1S/C6H4O2.CH4N2O.CH2O/c7-4-2-1-3-5-6(4)8-5;2-1(3)4;1-2/h1-3,7H;(H4,2,3,4);1H2. The Bertz CT molecular complexity index is 323. The molecule has 0 saturated carbocycles. The van der Waals surface area contributed by atoms with Crippen molar-refractivity contribution in [3.63, 3.8) is 0 Å². The first-order valence-corrected chi connectivity index (χ1v) is 3.45. The van der Waals surface area contributed by atoms with E-state index in [0.29, 0.717) is 5.75 Å².